The lowest BCUT2D eigenvalue weighted by molar-refractivity contribution is 0.0992. The number of hydrogen-bond acceptors (Lipinski definition) is 2. The molecule has 2 aromatic rings. The molecule has 0 N–H and O–H groups in total. The van der Waals surface area contributed by atoms with Crippen LogP contribution in [0.15, 0.2) is 40.9 Å². The van der Waals surface area contributed by atoms with Gasteiger partial charge in [0.2, 0.25) is 0 Å². The summed E-state index contributed by atoms with van der Waals surface area (Å²) in [5.41, 5.74) is 2.48. The van der Waals surface area contributed by atoms with E-state index in [0.29, 0.717) is 17.0 Å². The molecule has 2 rings (SSSR count). The van der Waals surface area contributed by atoms with Crippen LogP contribution in [0.4, 0.5) is 0 Å². The number of carbonyl (C=O) groups is 1. The largest absolute Gasteiger partial charge is 0.497 e. The molecular formula is C16H14BrClO2. The van der Waals surface area contributed by atoms with E-state index in [9.17, 15) is 4.79 Å². The normalized spacial score (nSPS) is 10.4. The van der Waals surface area contributed by atoms with E-state index < -0.39 is 0 Å². The molecule has 0 unspecified atom stereocenters. The fourth-order valence-corrected chi connectivity index (χ4v) is 2.41. The number of Topliss-reactive ketones (excluding diaryl/α,β-unsaturated/α-hetero) is 1. The molecule has 0 aliphatic heterocycles. The number of benzene rings is 2. The smallest absolute Gasteiger partial charge is 0.167 e. The lowest BCUT2D eigenvalue weighted by Gasteiger charge is -2.08. The minimum Gasteiger partial charge on any atom is -0.497 e. The molecule has 0 amide bonds. The molecule has 20 heavy (non-hydrogen) atoms. The fraction of sp³-hybridized carbons (Fsp3) is 0.188. The molecule has 4 heteroatoms. The fourth-order valence-electron chi connectivity index (χ4n) is 1.91. The van der Waals surface area contributed by atoms with Crippen LogP contribution in [0.1, 0.15) is 21.5 Å². The third-order valence-electron chi connectivity index (χ3n) is 3.08. The van der Waals surface area contributed by atoms with E-state index in [2.05, 4.69) is 15.9 Å². The average Bonchev–Trinajstić information content (AvgIpc) is 2.44. The highest BCUT2D eigenvalue weighted by atomic mass is 79.9. The number of ketones is 1. The summed E-state index contributed by atoms with van der Waals surface area (Å²) in [5, 5.41) is 0.670. The highest BCUT2D eigenvalue weighted by molar-refractivity contribution is 9.10. The van der Waals surface area contributed by atoms with Crippen LogP contribution in [0.25, 0.3) is 0 Å². The Labute approximate surface area is 131 Å². The molecule has 0 atom stereocenters. The van der Waals surface area contributed by atoms with Crippen molar-refractivity contribution in [3.63, 3.8) is 0 Å². The first-order chi connectivity index (χ1) is 9.51. The van der Waals surface area contributed by atoms with Crippen molar-refractivity contribution in [2.45, 2.75) is 13.3 Å². The summed E-state index contributed by atoms with van der Waals surface area (Å²) in [6.07, 6.45) is 0.318. The number of rotatable bonds is 4. The topological polar surface area (TPSA) is 26.3 Å². The second kappa shape index (κ2) is 6.42. The van der Waals surface area contributed by atoms with Gasteiger partial charge in [-0.05, 0) is 54.4 Å². The first-order valence-electron chi connectivity index (χ1n) is 6.13. The number of carbonyl (C=O) groups excluding carboxylic acids is 1. The second-order valence-electron chi connectivity index (χ2n) is 4.52. The van der Waals surface area contributed by atoms with Gasteiger partial charge in [0.1, 0.15) is 5.75 Å². The van der Waals surface area contributed by atoms with Gasteiger partial charge in [0.15, 0.2) is 5.78 Å². The molecule has 0 heterocycles. The minimum atomic E-state index is 0.0544. The van der Waals surface area contributed by atoms with Gasteiger partial charge in [-0.1, -0.05) is 27.5 Å². The van der Waals surface area contributed by atoms with Gasteiger partial charge >= 0.3 is 0 Å². The highest BCUT2D eigenvalue weighted by Crippen LogP contribution is 2.24. The van der Waals surface area contributed by atoms with Gasteiger partial charge in [-0.25, -0.2) is 0 Å². The number of ether oxygens (including phenoxy) is 1. The molecule has 2 aromatic carbocycles. The van der Waals surface area contributed by atoms with E-state index in [0.717, 1.165) is 21.3 Å². The molecule has 0 bridgehead atoms. The van der Waals surface area contributed by atoms with Gasteiger partial charge in [-0.15, -0.1) is 0 Å². The summed E-state index contributed by atoms with van der Waals surface area (Å²) >= 11 is 9.43. The molecule has 2 nitrogen and oxygen atoms in total. The van der Waals surface area contributed by atoms with Crippen molar-refractivity contribution in [2.75, 3.05) is 7.11 Å². The Bertz CT molecular complexity index is 653. The lowest BCUT2D eigenvalue weighted by Crippen LogP contribution is -2.04. The first kappa shape index (κ1) is 15.1. The van der Waals surface area contributed by atoms with Crippen LogP contribution in [0, 0.1) is 6.92 Å². The van der Waals surface area contributed by atoms with E-state index in [1.165, 1.54) is 0 Å². The lowest BCUT2D eigenvalue weighted by atomic mass is 10.0. The third-order valence-corrected chi connectivity index (χ3v) is 4.28. The van der Waals surface area contributed by atoms with Crippen molar-refractivity contribution in [1.29, 1.82) is 0 Å². The molecule has 104 valence electrons. The summed E-state index contributed by atoms with van der Waals surface area (Å²) in [6, 6.07) is 10.9. The standard InChI is InChI=1S/C16H14BrClO2/c1-10-7-11(3-6-15(10)18)16(19)9-12-8-13(20-2)4-5-14(12)17/h3-8H,9H2,1-2H3. The Balaban J connectivity index is 2.25. The highest BCUT2D eigenvalue weighted by Gasteiger charge is 2.11. The van der Waals surface area contributed by atoms with Gasteiger partial charge in [0.05, 0.1) is 7.11 Å². The summed E-state index contributed by atoms with van der Waals surface area (Å²) < 4.78 is 6.08. The Kier molecular flexibility index (Phi) is 4.84. The van der Waals surface area contributed by atoms with Crippen LogP contribution < -0.4 is 4.74 Å². The molecule has 0 aliphatic carbocycles. The van der Waals surface area contributed by atoms with Crippen LogP contribution in [0.3, 0.4) is 0 Å². The van der Waals surface area contributed by atoms with Gasteiger partial charge in [0, 0.05) is 21.5 Å². The van der Waals surface area contributed by atoms with Gasteiger partial charge in [-0.3, -0.25) is 4.79 Å². The number of hydrogen-bond donors (Lipinski definition) is 0. The molecule has 0 fully saturated rings. The summed E-state index contributed by atoms with van der Waals surface area (Å²) in [6.45, 7) is 1.89. The molecule has 0 saturated heterocycles. The quantitative estimate of drug-likeness (QED) is 0.735. The summed E-state index contributed by atoms with van der Waals surface area (Å²) in [5.74, 6) is 0.794. The Morgan fingerprint density at radius 3 is 2.65 bits per heavy atom. The van der Waals surface area contributed by atoms with Crippen molar-refractivity contribution in [2.24, 2.45) is 0 Å². The van der Waals surface area contributed by atoms with Crippen LogP contribution >= 0.6 is 27.5 Å². The van der Waals surface area contributed by atoms with Crippen LogP contribution in [0.2, 0.25) is 5.02 Å². The molecule has 0 spiro atoms. The molecule has 0 aliphatic rings. The van der Waals surface area contributed by atoms with Gasteiger partial charge in [-0.2, -0.15) is 0 Å². The number of methoxy groups -OCH3 is 1. The Morgan fingerprint density at radius 1 is 1.25 bits per heavy atom. The number of halogens is 2. The maximum absolute atomic E-state index is 12.3. The zero-order chi connectivity index (χ0) is 14.7. The van der Waals surface area contributed by atoms with Gasteiger partial charge in [0.25, 0.3) is 0 Å². The van der Waals surface area contributed by atoms with Crippen molar-refractivity contribution >= 4 is 33.3 Å². The Morgan fingerprint density at radius 2 is 2.00 bits per heavy atom. The maximum Gasteiger partial charge on any atom is 0.167 e. The van der Waals surface area contributed by atoms with E-state index in [-0.39, 0.29) is 5.78 Å². The maximum atomic E-state index is 12.3. The van der Waals surface area contributed by atoms with Gasteiger partial charge < -0.3 is 4.74 Å². The Hall–Kier alpha value is -1.32. The van der Waals surface area contributed by atoms with E-state index in [1.807, 2.05) is 31.2 Å². The first-order valence-corrected chi connectivity index (χ1v) is 7.30. The van der Waals surface area contributed by atoms with Crippen LogP contribution in [0.5, 0.6) is 5.75 Å². The molecule has 0 saturated carbocycles. The second-order valence-corrected chi connectivity index (χ2v) is 5.78. The average molecular weight is 354 g/mol. The van der Waals surface area contributed by atoms with Crippen molar-refractivity contribution in [3.8, 4) is 5.75 Å². The van der Waals surface area contributed by atoms with Crippen molar-refractivity contribution < 1.29 is 9.53 Å². The summed E-state index contributed by atoms with van der Waals surface area (Å²) in [7, 11) is 1.61. The predicted octanol–water partition coefficient (Wildman–Crippen LogP) is 4.84. The predicted molar refractivity (Wildman–Crippen MR) is 84.9 cm³/mol. The van der Waals surface area contributed by atoms with Crippen molar-refractivity contribution in [1.82, 2.24) is 0 Å². The molecule has 0 aromatic heterocycles. The number of aryl methyl sites for hydroxylation is 1. The monoisotopic (exact) mass is 352 g/mol. The van der Waals surface area contributed by atoms with E-state index in [1.54, 1.807) is 19.2 Å². The summed E-state index contributed by atoms with van der Waals surface area (Å²) in [4.78, 5) is 12.3. The van der Waals surface area contributed by atoms with Crippen molar-refractivity contribution in [3.05, 3.63) is 62.6 Å². The zero-order valence-corrected chi connectivity index (χ0v) is 13.6. The van der Waals surface area contributed by atoms with E-state index >= 15 is 0 Å². The zero-order valence-electron chi connectivity index (χ0n) is 11.2. The SMILES string of the molecule is COc1ccc(Br)c(CC(=O)c2ccc(Cl)c(C)c2)c1. The van der Waals surface area contributed by atoms with E-state index in [4.69, 9.17) is 16.3 Å². The van der Waals surface area contributed by atoms with Crippen LogP contribution in [-0.2, 0) is 6.42 Å². The molecule has 0 radical (unpaired) electrons. The molecular weight excluding hydrogens is 340 g/mol. The third kappa shape index (κ3) is 3.41. The minimum absolute atomic E-state index is 0.0544. The van der Waals surface area contributed by atoms with Crippen LogP contribution in [-0.4, -0.2) is 12.9 Å².